The Morgan fingerprint density at radius 1 is 1.32 bits per heavy atom. The number of amides is 1. The first kappa shape index (κ1) is 13.5. The Hall–Kier alpha value is -1.92. The van der Waals surface area contributed by atoms with Crippen LogP contribution in [0.1, 0.15) is 12.8 Å². The molecule has 19 heavy (non-hydrogen) atoms. The third-order valence-electron chi connectivity index (χ3n) is 2.73. The minimum Gasteiger partial charge on any atom is -0.406 e. The fourth-order valence-corrected chi connectivity index (χ4v) is 1.85. The van der Waals surface area contributed by atoms with Crippen LogP contribution in [0.3, 0.4) is 0 Å². The molecular weight excluding hydrogens is 261 g/mol. The molecule has 0 radical (unpaired) electrons. The molecule has 2 rings (SSSR count). The van der Waals surface area contributed by atoms with Crippen molar-refractivity contribution in [3.63, 3.8) is 0 Å². The summed E-state index contributed by atoms with van der Waals surface area (Å²) in [7, 11) is 0. The van der Waals surface area contributed by atoms with Gasteiger partial charge in [-0.05, 0) is 30.7 Å². The lowest BCUT2D eigenvalue weighted by molar-refractivity contribution is -0.274. The Kier molecular flexibility index (Phi) is 3.82. The Morgan fingerprint density at radius 3 is 2.53 bits per heavy atom. The molecule has 0 bridgehead atoms. The largest absolute Gasteiger partial charge is 0.573 e. The number of rotatable bonds is 4. The van der Waals surface area contributed by atoms with Crippen molar-refractivity contribution in [2.24, 2.45) is 0 Å². The number of carbonyl (C=O) groups is 1. The predicted molar refractivity (Wildman–Crippen MR) is 62.8 cm³/mol. The van der Waals surface area contributed by atoms with E-state index in [-0.39, 0.29) is 17.7 Å². The molecule has 1 aromatic carbocycles. The van der Waals surface area contributed by atoms with Crippen LogP contribution in [0.25, 0.3) is 0 Å². The van der Waals surface area contributed by atoms with Crippen LogP contribution in [0.4, 0.5) is 18.9 Å². The molecular formula is C12H13F3N2O2. The second-order valence-electron chi connectivity index (χ2n) is 4.26. The SMILES string of the molecule is O=C1CCC(CNc2ccc(OC(F)(F)F)cc2)N1. The molecule has 2 N–H and O–H groups in total. The number of hydrogen-bond donors (Lipinski definition) is 2. The zero-order valence-corrected chi connectivity index (χ0v) is 9.96. The van der Waals surface area contributed by atoms with Gasteiger partial charge in [-0.25, -0.2) is 0 Å². The number of ether oxygens (including phenoxy) is 1. The third-order valence-corrected chi connectivity index (χ3v) is 2.73. The minimum atomic E-state index is -4.68. The average molecular weight is 274 g/mol. The lowest BCUT2D eigenvalue weighted by atomic mass is 10.2. The van der Waals surface area contributed by atoms with Crippen LogP contribution in [-0.4, -0.2) is 24.9 Å². The molecule has 4 nitrogen and oxygen atoms in total. The van der Waals surface area contributed by atoms with Crippen molar-refractivity contribution >= 4 is 11.6 Å². The molecule has 1 heterocycles. The quantitative estimate of drug-likeness (QED) is 0.885. The molecule has 0 spiro atoms. The molecule has 1 amide bonds. The van der Waals surface area contributed by atoms with E-state index >= 15 is 0 Å². The highest BCUT2D eigenvalue weighted by Gasteiger charge is 2.30. The van der Waals surface area contributed by atoms with Gasteiger partial charge in [0.1, 0.15) is 5.75 Å². The molecule has 0 aromatic heterocycles. The van der Waals surface area contributed by atoms with Gasteiger partial charge in [-0.15, -0.1) is 13.2 Å². The Balaban J connectivity index is 1.83. The van der Waals surface area contributed by atoms with Gasteiger partial charge >= 0.3 is 6.36 Å². The summed E-state index contributed by atoms with van der Waals surface area (Å²) in [5.74, 6) is -0.229. The molecule has 1 unspecified atom stereocenters. The molecule has 1 saturated heterocycles. The van der Waals surface area contributed by atoms with E-state index in [4.69, 9.17) is 0 Å². The molecule has 0 saturated carbocycles. The molecule has 7 heteroatoms. The Labute approximate surface area is 107 Å². The summed E-state index contributed by atoms with van der Waals surface area (Å²) in [6, 6.07) is 5.54. The Bertz CT molecular complexity index is 445. The zero-order valence-electron chi connectivity index (χ0n) is 9.96. The van der Waals surface area contributed by atoms with Crippen molar-refractivity contribution in [2.45, 2.75) is 25.2 Å². The summed E-state index contributed by atoms with van der Waals surface area (Å²) in [4.78, 5) is 11.0. The van der Waals surface area contributed by atoms with Gasteiger partial charge in [0.05, 0.1) is 0 Å². The molecule has 1 aliphatic rings. The van der Waals surface area contributed by atoms with E-state index in [0.29, 0.717) is 18.7 Å². The van der Waals surface area contributed by atoms with E-state index in [1.165, 1.54) is 24.3 Å². The first-order valence-corrected chi connectivity index (χ1v) is 5.81. The second kappa shape index (κ2) is 5.38. The fourth-order valence-electron chi connectivity index (χ4n) is 1.85. The summed E-state index contributed by atoms with van der Waals surface area (Å²) in [6.07, 6.45) is -3.39. The van der Waals surface area contributed by atoms with Crippen LogP contribution in [0.5, 0.6) is 5.75 Å². The van der Waals surface area contributed by atoms with Crippen molar-refractivity contribution < 1.29 is 22.7 Å². The maximum Gasteiger partial charge on any atom is 0.573 e. The number of benzene rings is 1. The minimum absolute atomic E-state index is 0.0284. The van der Waals surface area contributed by atoms with Gasteiger partial charge in [0, 0.05) is 24.7 Å². The van der Waals surface area contributed by atoms with Crippen LogP contribution in [0.15, 0.2) is 24.3 Å². The lowest BCUT2D eigenvalue weighted by Crippen LogP contribution is -2.31. The van der Waals surface area contributed by atoms with Gasteiger partial charge in [0.25, 0.3) is 0 Å². The molecule has 1 atom stereocenters. The highest BCUT2D eigenvalue weighted by Crippen LogP contribution is 2.24. The number of alkyl halides is 3. The fraction of sp³-hybridized carbons (Fsp3) is 0.417. The van der Waals surface area contributed by atoms with Crippen molar-refractivity contribution in [3.05, 3.63) is 24.3 Å². The number of carbonyl (C=O) groups excluding carboxylic acids is 1. The van der Waals surface area contributed by atoms with Crippen LogP contribution in [0, 0.1) is 0 Å². The molecule has 1 aliphatic heterocycles. The summed E-state index contributed by atoms with van der Waals surface area (Å²) < 4.78 is 39.6. The zero-order chi connectivity index (χ0) is 13.9. The molecule has 1 fully saturated rings. The number of halogens is 3. The standard InChI is InChI=1S/C12H13F3N2O2/c13-12(14,15)19-10-4-1-8(2-5-10)16-7-9-3-6-11(18)17-9/h1-2,4-5,9,16H,3,6-7H2,(H,17,18). The molecule has 104 valence electrons. The first-order chi connectivity index (χ1) is 8.92. The molecule has 1 aromatic rings. The normalized spacial score (nSPS) is 19.1. The monoisotopic (exact) mass is 274 g/mol. The van der Waals surface area contributed by atoms with E-state index in [1.54, 1.807) is 0 Å². The van der Waals surface area contributed by atoms with Crippen LogP contribution < -0.4 is 15.4 Å². The van der Waals surface area contributed by atoms with Gasteiger partial charge < -0.3 is 15.4 Å². The van der Waals surface area contributed by atoms with E-state index in [1.807, 2.05) is 0 Å². The van der Waals surface area contributed by atoms with Crippen LogP contribution in [0.2, 0.25) is 0 Å². The van der Waals surface area contributed by atoms with E-state index in [0.717, 1.165) is 6.42 Å². The van der Waals surface area contributed by atoms with Crippen LogP contribution in [-0.2, 0) is 4.79 Å². The van der Waals surface area contributed by atoms with Crippen LogP contribution >= 0.6 is 0 Å². The van der Waals surface area contributed by atoms with E-state index in [2.05, 4.69) is 15.4 Å². The van der Waals surface area contributed by atoms with Gasteiger partial charge in [0.15, 0.2) is 0 Å². The second-order valence-corrected chi connectivity index (χ2v) is 4.26. The maximum atomic E-state index is 12.0. The van der Waals surface area contributed by atoms with Gasteiger partial charge in [0.2, 0.25) is 5.91 Å². The van der Waals surface area contributed by atoms with E-state index < -0.39 is 6.36 Å². The van der Waals surface area contributed by atoms with Gasteiger partial charge in [-0.1, -0.05) is 0 Å². The maximum absolute atomic E-state index is 12.0. The number of anilines is 1. The van der Waals surface area contributed by atoms with Crippen molar-refractivity contribution in [1.29, 1.82) is 0 Å². The first-order valence-electron chi connectivity index (χ1n) is 5.81. The number of nitrogens with one attached hydrogen (secondary N) is 2. The van der Waals surface area contributed by atoms with E-state index in [9.17, 15) is 18.0 Å². The highest BCUT2D eigenvalue weighted by atomic mass is 19.4. The predicted octanol–water partition coefficient (Wildman–Crippen LogP) is 2.28. The third kappa shape index (κ3) is 4.35. The summed E-state index contributed by atoms with van der Waals surface area (Å²) in [6.45, 7) is 0.547. The van der Waals surface area contributed by atoms with Crippen molar-refractivity contribution in [2.75, 3.05) is 11.9 Å². The smallest absolute Gasteiger partial charge is 0.406 e. The summed E-state index contributed by atoms with van der Waals surface area (Å²) in [5.41, 5.74) is 0.677. The topological polar surface area (TPSA) is 50.4 Å². The van der Waals surface area contributed by atoms with Gasteiger partial charge in [-0.3, -0.25) is 4.79 Å². The number of hydrogen-bond acceptors (Lipinski definition) is 3. The van der Waals surface area contributed by atoms with Crippen molar-refractivity contribution in [3.8, 4) is 5.75 Å². The highest BCUT2D eigenvalue weighted by molar-refractivity contribution is 5.78. The summed E-state index contributed by atoms with van der Waals surface area (Å²) >= 11 is 0. The van der Waals surface area contributed by atoms with Crippen molar-refractivity contribution in [1.82, 2.24) is 5.32 Å². The molecule has 0 aliphatic carbocycles. The lowest BCUT2D eigenvalue weighted by Gasteiger charge is -2.13. The Morgan fingerprint density at radius 2 is 2.00 bits per heavy atom. The average Bonchev–Trinajstić information content (AvgIpc) is 2.72. The summed E-state index contributed by atoms with van der Waals surface area (Å²) in [5, 5.41) is 5.84. The van der Waals surface area contributed by atoms with Gasteiger partial charge in [-0.2, -0.15) is 0 Å².